The number of nitrogens with zero attached hydrogens (tertiary/aromatic N) is 2. The van der Waals surface area contributed by atoms with Crippen LogP contribution < -0.4 is 15.2 Å². The summed E-state index contributed by atoms with van der Waals surface area (Å²) in [5.74, 6) is -1.01. The van der Waals surface area contributed by atoms with Gasteiger partial charge in [-0.25, -0.2) is 14.8 Å². The van der Waals surface area contributed by atoms with Crippen LogP contribution in [0.4, 0.5) is 0 Å². The number of benzene rings is 1. The smallest absolute Gasteiger partial charge is 0.346 e. The third-order valence-electron chi connectivity index (χ3n) is 4.34. The first-order chi connectivity index (χ1) is 13.9. The second-order valence-electron chi connectivity index (χ2n) is 5.92. The zero-order valence-electron chi connectivity index (χ0n) is 15.1. The van der Waals surface area contributed by atoms with Crippen LogP contribution in [0.1, 0.15) is 20.0 Å². The minimum absolute atomic E-state index is 0.0696. The number of rotatable bonds is 5. The van der Waals surface area contributed by atoms with Gasteiger partial charge in [0.15, 0.2) is 5.75 Å². The lowest BCUT2D eigenvalue weighted by Crippen LogP contribution is -2.12. The fraction of sp³-hybridized carbons (Fsp3) is 0.111. The molecule has 0 saturated heterocycles. The van der Waals surface area contributed by atoms with Crippen LogP contribution in [-0.2, 0) is 0 Å². The minimum atomic E-state index is -1.11. The van der Waals surface area contributed by atoms with Gasteiger partial charge in [-0.3, -0.25) is 4.79 Å². The first-order valence-electron chi connectivity index (χ1n) is 8.12. The van der Waals surface area contributed by atoms with Gasteiger partial charge in [0.25, 0.3) is 5.91 Å². The van der Waals surface area contributed by atoms with E-state index in [0.717, 1.165) is 11.3 Å². The molecule has 3 heterocycles. The first-order valence-corrected chi connectivity index (χ1v) is 9.73. The molecule has 4 rings (SSSR count). The van der Waals surface area contributed by atoms with E-state index in [0.29, 0.717) is 31.2 Å². The van der Waals surface area contributed by atoms with E-state index in [9.17, 15) is 14.7 Å². The van der Waals surface area contributed by atoms with Crippen molar-refractivity contribution >= 4 is 60.3 Å². The van der Waals surface area contributed by atoms with E-state index in [1.807, 2.05) is 0 Å². The van der Waals surface area contributed by atoms with E-state index in [2.05, 4.69) is 30.9 Å². The Bertz CT molecular complexity index is 1310. The van der Waals surface area contributed by atoms with Gasteiger partial charge in [0.1, 0.15) is 16.2 Å². The molecular weight excluding hydrogens is 464 g/mol. The number of nitrogens with one attached hydrogen (secondary N) is 1. The Kier molecular flexibility index (Phi) is 4.63. The molecule has 0 aliphatic rings. The number of hydrogen-bond acceptors (Lipinski definition) is 7. The van der Waals surface area contributed by atoms with Crippen LogP contribution in [0.5, 0.6) is 11.6 Å². The van der Waals surface area contributed by atoms with Crippen molar-refractivity contribution in [2.45, 2.75) is 0 Å². The Labute approximate surface area is 175 Å². The molecule has 4 N–H and O–H groups in total. The zero-order valence-corrected chi connectivity index (χ0v) is 17.5. The monoisotopic (exact) mass is 476 g/mol. The fourth-order valence-electron chi connectivity index (χ4n) is 3.14. The van der Waals surface area contributed by atoms with Crippen LogP contribution in [0.2, 0.25) is 0 Å². The molecule has 0 atom stereocenters. The SMILES string of the molecule is COc1c(C(N)=O)ccc2[nH]c(-c3c(C(=O)O)sc4c(Br)cnc(OC)c34)nc12. The number of imidazole rings is 1. The molecule has 9 nitrogen and oxygen atoms in total. The third kappa shape index (κ3) is 2.89. The van der Waals surface area contributed by atoms with Crippen LogP contribution >= 0.6 is 27.3 Å². The number of amides is 1. The number of methoxy groups -OCH3 is 2. The summed E-state index contributed by atoms with van der Waals surface area (Å²) in [5, 5.41) is 10.3. The zero-order chi connectivity index (χ0) is 20.9. The molecule has 0 radical (unpaired) electrons. The maximum absolute atomic E-state index is 12.0. The van der Waals surface area contributed by atoms with Crippen molar-refractivity contribution in [3.8, 4) is 23.0 Å². The highest BCUT2D eigenvalue weighted by Gasteiger charge is 2.27. The number of ether oxygens (including phenoxy) is 2. The van der Waals surface area contributed by atoms with Crippen LogP contribution in [0.25, 0.3) is 32.5 Å². The Morgan fingerprint density at radius 2 is 2.03 bits per heavy atom. The third-order valence-corrected chi connectivity index (χ3v) is 6.41. The molecule has 3 aromatic heterocycles. The largest absolute Gasteiger partial charge is 0.494 e. The lowest BCUT2D eigenvalue weighted by molar-refractivity contribution is 0.0702. The lowest BCUT2D eigenvalue weighted by Gasteiger charge is -2.05. The second kappa shape index (κ2) is 7.01. The number of thiophene rings is 1. The van der Waals surface area contributed by atoms with Crippen molar-refractivity contribution < 1.29 is 24.2 Å². The first kappa shape index (κ1) is 19.2. The number of carbonyl (C=O) groups excluding carboxylic acids is 1. The molecule has 0 unspecified atom stereocenters. The van der Waals surface area contributed by atoms with Crippen molar-refractivity contribution in [2.24, 2.45) is 5.73 Å². The van der Waals surface area contributed by atoms with E-state index in [4.69, 9.17) is 15.2 Å². The minimum Gasteiger partial charge on any atom is -0.494 e. The van der Waals surface area contributed by atoms with Gasteiger partial charge in [0, 0.05) is 6.20 Å². The molecule has 4 aromatic rings. The van der Waals surface area contributed by atoms with E-state index in [1.165, 1.54) is 20.3 Å². The summed E-state index contributed by atoms with van der Waals surface area (Å²) in [6, 6.07) is 3.16. The van der Waals surface area contributed by atoms with Gasteiger partial charge in [-0.1, -0.05) is 0 Å². The predicted octanol–water partition coefficient (Wildman–Crippen LogP) is 3.42. The van der Waals surface area contributed by atoms with Crippen LogP contribution in [-0.4, -0.2) is 46.2 Å². The number of halogens is 1. The number of carboxylic acid groups (broad SMARTS) is 1. The lowest BCUT2D eigenvalue weighted by atomic mass is 10.1. The number of aromatic amines is 1. The van der Waals surface area contributed by atoms with E-state index >= 15 is 0 Å². The number of nitrogens with two attached hydrogens (primary N) is 1. The van der Waals surface area contributed by atoms with E-state index < -0.39 is 11.9 Å². The molecule has 0 fully saturated rings. The van der Waals surface area contributed by atoms with Crippen molar-refractivity contribution in [3.63, 3.8) is 0 Å². The molecule has 0 bridgehead atoms. The standard InChI is InChI=1S/C18H13BrN4O5S/c1-27-12-6(15(20)24)3-4-8-11(12)23-16(22-8)9-10-13(29-14(9)18(25)26)7(19)5-21-17(10)28-2/h3-5H,1-2H3,(H2,20,24)(H,22,23)(H,25,26). The van der Waals surface area contributed by atoms with Gasteiger partial charge in [-0.05, 0) is 28.1 Å². The highest BCUT2D eigenvalue weighted by Crippen LogP contribution is 2.45. The van der Waals surface area contributed by atoms with Gasteiger partial charge < -0.3 is 25.3 Å². The summed E-state index contributed by atoms with van der Waals surface area (Å²) >= 11 is 4.49. The van der Waals surface area contributed by atoms with Gasteiger partial charge in [-0.2, -0.15) is 0 Å². The number of fused-ring (bicyclic) bond motifs is 2. The molecule has 0 saturated carbocycles. The molecule has 0 aliphatic carbocycles. The number of primary amides is 1. The molecule has 1 amide bonds. The molecule has 0 aliphatic heterocycles. The highest BCUT2D eigenvalue weighted by molar-refractivity contribution is 9.10. The van der Waals surface area contributed by atoms with E-state index in [-0.39, 0.29) is 27.9 Å². The van der Waals surface area contributed by atoms with Crippen LogP contribution in [0.3, 0.4) is 0 Å². The molecule has 148 valence electrons. The summed E-state index contributed by atoms with van der Waals surface area (Å²) in [6.07, 6.45) is 1.55. The summed E-state index contributed by atoms with van der Waals surface area (Å²) in [5.41, 5.74) is 6.84. The number of pyridine rings is 1. The van der Waals surface area contributed by atoms with Crippen LogP contribution in [0.15, 0.2) is 22.8 Å². The van der Waals surface area contributed by atoms with Crippen molar-refractivity contribution in [1.29, 1.82) is 0 Å². The summed E-state index contributed by atoms with van der Waals surface area (Å²) in [7, 11) is 2.86. The summed E-state index contributed by atoms with van der Waals surface area (Å²) < 4.78 is 12.0. The molecule has 29 heavy (non-hydrogen) atoms. The van der Waals surface area contributed by atoms with Gasteiger partial charge in [0.05, 0.1) is 45.4 Å². The Hall–Kier alpha value is -3.18. The second-order valence-corrected chi connectivity index (χ2v) is 7.80. The number of carboxylic acids is 1. The number of aromatic carboxylic acids is 1. The molecule has 1 aromatic carbocycles. The highest BCUT2D eigenvalue weighted by atomic mass is 79.9. The Balaban J connectivity index is 2.10. The Morgan fingerprint density at radius 3 is 2.66 bits per heavy atom. The van der Waals surface area contributed by atoms with Crippen molar-refractivity contribution in [2.75, 3.05) is 14.2 Å². The number of carbonyl (C=O) groups is 2. The van der Waals surface area contributed by atoms with Crippen LogP contribution in [0, 0.1) is 0 Å². The van der Waals surface area contributed by atoms with Crippen molar-refractivity contribution in [3.05, 3.63) is 33.2 Å². The van der Waals surface area contributed by atoms with Gasteiger partial charge in [-0.15, -0.1) is 11.3 Å². The topological polar surface area (TPSA) is 140 Å². The number of aromatic nitrogens is 3. The summed E-state index contributed by atoms with van der Waals surface area (Å²) in [4.78, 5) is 35.6. The number of hydrogen-bond donors (Lipinski definition) is 3. The quantitative estimate of drug-likeness (QED) is 0.400. The summed E-state index contributed by atoms with van der Waals surface area (Å²) in [6.45, 7) is 0. The molecule has 0 spiro atoms. The maximum Gasteiger partial charge on any atom is 0.346 e. The normalized spacial score (nSPS) is 11.1. The average Bonchev–Trinajstić information content (AvgIpc) is 3.29. The van der Waals surface area contributed by atoms with Gasteiger partial charge in [0.2, 0.25) is 5.88 Å². The molecule has 11 heteroatoms. The van der Waals surface area contributed by atoms with Crippen molar-refractivity contribution in [1.82, 2.24) is 15.0 Å². The maximum atomic E-state index is 12.0. The number of H-pyrrole nitrogens is 1. The van der Waals surface area contributed by atoms with Gasteiger partial charge >= 0.3 is 5.97 Å². The van der Waals surface area contributed by atoms with E-state index in [1.54, 1.807) is 12.3 Å². The predicted molar refractivity (Wildman–Crippen MR) is 111 cm³/mol. The fourth-order valence-corrected chi connectivity index (χ4v) is 4.72. The Morgan fingerprint density at radius 1 is 1.28 bits per heavy atom. The molecular formula is C18H13BrN4O5S. The average molecular weight is 477 g/mol.